The molecule has 2 atom stereocenters. The van der Waals surface area contributed by atoms with Crippen LogP contribution in [0.5, 0.6) is 0 Å². The van der Waals surface area contributed by atoms with Crippen molar-refractivity contribution in [1.29, 1.82) is 5.26 Å². The van der Waals surface area contributed by atoms with Gasteiger partial charge in [0.05, 0.1) is 41.2 Å². The predicted molar refractivity (Wildman–Crippen MR) is 128 cm³/mol. The van der Waals surface area contributed by atoms with E-state index in [0.29, 0.717) is 17.9 Å². The molecule has 1 aromatic carbocycles. The van der Waals surface area contributed by atoms with Crippen LogP contribution in [0, 0.1) is 16.7 Å². The summed E-state index contributed by atoms with van der Waals surface area (Å²) in [7, 11) is 0. The number of amides is 1. The van der Waals surface area contributed by atoms with E-state index in [0.717, 1.165) is 49.0 Å². The zero-order chi connectivity index (χ0) is 24.1. The summed E-state index contributed by atoms with van der Waals surface area (Å²) in [5.74, 6) is 0.534. The van der Waals surface area contributed by atoms with Crippen LogP contribution in [-0.4, -0.2) is 38.0 Å². The molecule has 1 saturated heterocycles. The molecule has 3 aromatic rings. The molecular formula is C26H30N6O2. The molecule has 2 fully saturated rings. The maximum absolute atomic E-state index is 12.9. The second-order valence-corrected chi connectivity index (χ2v) is 11.2. The van der Waals surface area contributed by atoms with Crippen LogP contribution in [0.25, 0.3) is 11.0 Å². The molecule has 34 heavy (non-hydrogen) atoms. The lowest BCUT2D eigenvalue weighted by Gasteiger charge is -2.43. The minimum absolute atomic E-state index is 0.0768. The van der Waals surface area contributed by atoms with Gasteiger partial charge in [0.25, 0.3) is 0 Å². The molecule has 1 amide bonds. The third kappa shape index (κ3) is 4.00. The summed E-state index contributed by atoms with van der Waals surface area (Å²) in [6.07, 6.45) is 5.09. The van der Waals surface area contributed by atoms with Gasteiger partial charge in [-0.1, -0.05) is 27.7 Å². The van der Waals surface area contributed by atoms with Crippen molar-refractivity contribution in [3.05, 3.63) is 47.9 Å². The van der Waals surface area contributed by atoms with E-state index in [1.807, 2.05) is 30.6 Å². The highest BCUT2D eigenvalue weighted by molar-refractivity contribution is 5.89. The van der Waals surface area contributed by atoms with Gasteiger partial charge in [-0.2, -0.15) is 10.4 Å². The molecule has 0 N–H and O–H groups in total. The SMILES string of the molecule is CC1(Cn2cnc3ccc(C#N)cc32)CCCC2(CN(c3ccc(C(C)(C)C)nn3)C(=O)O2)C1. The molecule has 1 saturated carbocycles. The Morgan fingerprint density at radius 2 is 2.00 bits per heavy atom. The van der Waals surface area contributed by atoms with Gasteiger partial charge in [-0.3, -0.25) is 4.90 Å². The van der Waals surface area contributed by atoms with Crippen molar-refractivity contribution in [1.82, 2.24) is 19.7 Å². The standard InChI is InChI=1S/C26H30N6O2/c1-24(2,3)21-8-9-22(30-29-21)32-16-26(34-23(32)33)11-5-10-25(4,14-26)15-31-17-28-19-7-6-18(13-27)12-20(19)31/h6-9,12,17H,5,10-11,14-16H2,1-4H3. The van der Waals surface area contributed by atoms with Crippen LogP contribution < -0.4 is 4.90 Å². The lowest BCUT2D eigenvalue weighted by atomic mass is 9.68. The number of anilines is 1. The number of aromatic nitrogens is 4. The van der Waals surface area contributed by atoms with Crippen molar-refractivity contribution >= 4 is 22.9 Å². The molecule has 0 bridgehead atoms. The average molecular weight is 459 g/mol. The Balaban J connectivity index is 1.36. The molecule has 0 radical (unpaired) electrons. The fourth-order valence-corrected chi connectivity index (χ4v) is 5.48. The maximum Gasteiger partial charge on any atom is 0.416 e. The highest BCUT2D eigenvalue weighted by Gasteiger charge is 2.52. The van der Waals surface area contributed by atoms with E-state index in [1.54, 1.807) is 11.0 Å². The number of nitriles is 1. The third-order valence-corrected chi connectivity index (χ3v) is 7.13. The first-order valence-electron chi connectivity index (χ1n) is 11.8. The molecular weight excluding hydrogens is 428 g/mol. The van der Waals surface area contributed by atoms with Crippen molar-refractivity contribution in [2.75, 3.05) is 11.4 Å². The number of rotatable bonds is 3. The highest BCUT2D eigenvalue weighted by atomic mass is 16.6. The number of carbonyl (C=O) groups is 1. The maximum atomic E-state index is 12.9. The summed E-state index contributed by atoms with van der Waals surface area (Å²) in [5.41, 5.74) is 2.63. The van der Waals surface area contributed by atoms with Gasteiger partial charge in [0.2, 0.25) is 0 Å². The largest absolute Gasteiger partial charge is 0.441 e. The number of imidazole rings is 1. The molecule has 1 aliphatic heterocycles. The molecule has 2 aromatic heterocycles. The first kappa shape index (κ1) is 22.3. The topological polar surface area (TPSA) is 96.9 Å². The first-order chi connectivity index (χ1) is 16.1. The molecule has 5 rings (SSSR count). The van der Waals surface area contributed by atoms with Gasteiger partial charge in [0.1, 0.15) is 5.60 Å². The minimum Gasteiger partial charge on any atom is -0.441 e. The van der Waals surface area contributed by atoms with Crippen molar-refractivity contribution in [3.63, 3.8) is 0 Å². The highest BCUT2D eigenvalue weighted by Crippen LogP contribution is 2.47. The monoisotopic (exact) mass is 458 g/mol. The zero-order valence-electron chi connectivity index (χ0n) is 20.2. The molecule has 1 aliphatic carbocycles. The average Bonchev–Trinajstić information content (AvgIpc) is 3.32. The molecule has 8 heteroatoms. The normalized spacial score (nSPS) is 25.0. The Kier molecular flexibility index (Phi) is 5.12. The van der Waals surface area contributed by atoms with E-state index in [4.69, 9.17) is 4.74 Å². The number of hydrogen-bond donors (Lipinski definition) is 0. The fourth-order valence-electron chi connectivity index (χ4n) is 5.48. The zero-order valence-corrected chi connectivity index (χ0v) is 20.2. The van der Waals surface area contributed by atoms with Gasteiger partial charge < -0.3 is 9.30 Å². The van der Waals surface area contributed by atoms with E-state index in [9.17, 15) is 10.1 Å². The van der Waals surface area contributed by atoms with Crippen LogP contribution >= 0.6 is 0 Å². The number of hydrogen-bond acceptors (Lipinski definition) is 6. The molecule has 176 valence electrons. The Morgan fingerprint density at radius 1 is 1.18 bits per heavy atom. The van der Waals surface area contributed by atoms with Gasteiger partial charge in [-0.15, -0.1) is 5.10 Å². The van der Waals surface area contributed by atoms with Gasteiger partial charge >= 0.3 is 6.09 Å². The molecule has 2 unspecified atom stereocenters. The van der Waals surface area contributed by atoms with E-state index in [1.165, 1.54) is 0 Å². The van der Waals surface area contributed by atoms with Gasteiger partial charge in [-0.05, 0) is 61.4 Å². The first-order valence-corrected chi connectivity index (χ1v) is 11.8. The number of benzene rings is 1. The number of carbonyl (C=O) groups excluding carboxylic acids is 1. The van der Waals surface area contributed by atoms with Crippen molar-refractivity contribution in [3.8, 4) is 6.07 Å². The summed E-state index contributed by atoms with van der Waals surface area (Å²) in [6, 6.07) is 11.6. The van der Waals surface area contributed by atoms with Crippen LogP contribution in [0.2, 0.25) is 0 Å². The summed E-state index contributed by atoms with van der Waals surface area (Å²) in [5, 5.41) is 18.0. The third-order valence-electron chi connectivity index (χ3n) is 7.13. The van der Waals surface area contributed by atoms with Crippen molar-refractivity contribution < 1.29 is 9.53 Å². The van der Waals surface area contributed by atoms with E-state index in [2.05, 4.69) is 53.5 Å². The van der Waals surface area contributed by atoms with Gasteiger partial charge in [0, 0.05) is 12.0 Å². The Labute approximate surface area is 199 Å². The Morgan fingerprint density at radius 3 is 2.71 bits per heavy atom. The lowest BCUT2D eigenvalue weighted by Crippen LogP contribution is -2.45. The van der Waals surface area contributed by atoms with E-state index >= 15 is 0 Å². The summed E-state index contributed by atoms with van der Waals surface area (Å²) in [4.78, 5) is 19.0. The van der Waals surface area contributed by atoms with E-state index < -0.39 is 5.60 Å². The summed E-state index contributed by atoms with van der Waals surface area (Å²) >= 11 is 0. The summed E-state index contributed by atoms with van der Waals surface area (Å²) < 4.78 is 8.17. The molecule has 8 nitrogen and oxygen atoms in total. The minimum atomic E-state index is -0.539. The smallest absolute Gasteiger partial charge is 0.416 e. The second-order valence-electron chi connectivity index (χ2n) is 11.2. The van der Waals surface area contributed by atoms with Crippen LogP contribution in [0.1, 0.15) is 64.6 Å². The van der Waals surface area contributed by atoms with Gasteiger partial charge in [0.15, 0.2) is 5.82 Å². The van der Waals surface area contributed by atoms with Crippen molar-refractivity contribution in [2.45, 2.75) is 70.9 Å². The molecule has 3 heterocycles. The number of fused-ring (bicyclic) bond motifs is 1. The number of nitrogens with zero attached hydrogens (tertiary/aromatic N) is 6. The molecule has 2 aliphatic rings. The number of ether oxygens (including phenoxy) is 1. The van der Waals surface area contributed by atoms with Crippen LogP contribution in [-0.2, 0) is 16.7 Å². The van der Waals surface area contributed by atoms with E-state index in [-0.39, 0.29) is 16.9 Å². The van der Waals surface area contributed by atoms with Gasteiger partial charge in [-0.25, -0.2) is 9.78 Å². The van der Waals surface area contributed by atoms with Crippen molar-refractivity contribution in [2.24, 2.45) is 5.41 Å². The van der Waals surface area contributed by atoms with Crippen LogP contribution in [0.15, 0.2) is 36.7 Å². The summed E-state index contributed by atoms with van der Waals surface area (Å²) in [6.45, 7) is 9.74. The predicted octanol–water partition coefficient (Wildman–Crippen LogP) is 4.97. The Hall–Kier alpha value is -3.47. The molecule has 1 spiro atoms. The van der Waals surface area contributed by atoms with Crippen LogP contribution in [0.3, 0.4) is 0 Å². The quantitative estimate of drug-likeness (QED) is 0.550. The Bertz CT molecular complexity index is 1290. The fraction of sp³-hybridized carbons (Fsp3) is 0.500. The second kappa shape index (κ2) is 7.79. The van der Waals surface area contributed by atoms with Crippen LogP contribution in [0.4, 0.5) is 10.6 Å². The lowest BCUT2D eigenvalue weighted by molar-refractivity contribution is -0.0264.